The van der Waals surface area contributed by atoms with Crippen molar-refractivity contribution >= 4 is 31.7 Å². The highest BCUT2D eigenvalue weighted by Gasteiger charge is 2.56. The fourth-order valence-electron chi connectivity index (χ4n) is 5.17. The van der Waals surface area contributed by atoms with Gasteiger partial charge in [0.2, 0.25) is 0 Å². The molecule has 0 saturated carbocycles. The molecule has 0 spiro atoms. The molecule has 0 fully saturated rings. The summed E-state index contributed by atoms with van der Waals surface area (Å²) in [6.07, 6.45) is 0. The minimum absolute atomic E-state index is 0.253. The number of hydrogen-bond acceptors (Lipinski definition) is 0. The van der Waals surface area contributed by atoms with E-state index in [9.17, 15) is 0 Å². The van der Waals surface area contributed by atoms with E-state index in [4.69, 9.17) is 0 Å². The first-order chi connectivity index (χ1) is 12.4. The SMILES string of the molecule is CC1=C(c2ccccc2)[Si@](C)(C(C)(C)C)c2ccccc2[Si@]1(C)C(C)(C)C. The van der Waals surface area contributed by atoms with Gasteiger partial charge in [0.1, 0.15) is 16.1 Å². The maximum absolute atomic E-state index is 2.62. The lowest BCUT2D eigenvalue weighted by Crippen LogP contribution is -2.71. The van der Waals surface area contributed by atoms with Gasteiger partial charge in [-0.25, -0.2) is 0 Å². The second-order valence-corrected chi connectivity index (χ2v) is 20.5. The summed E-state index contributed by atoms with van der Waals surface area (Å²) in [4.78, 5) is 0. The molecule has 27 heavy (non-hydrogen) atoms. The summed E-state index contributed by atoms with van der Waals surface area (Å²) in [7, 11) is -3.81. The highest BCUT2D eigenvalue weighted by atomic mass is 28.3. The zero-order chi connectivity index (χ0) is 20.3. The Morgan fingerprint density at radius 3 is 1.44 bits per heavy atom. The van der Waals surface area contributed by atoms with Crippen LogP contribution in [0.5, 0.6) is 0 Å². The van der Waals surface area contributed by atoms with Crippen molar-refractivity contribution in [1.82, 2.24) is 0 Å². The Morgan fingerprint density at radius 2 is 1.00 bits per heavy atom. The van der Waals surface area contributed by atoms with Crippen molar-refractivity contribution < 1.29 is 0 Å². The van der Waals surface area contributed by atoms with Crippen LogP contribution in [0, 0.1) is 0 Å². The number of benzene rings is 2. The van der Waals surface area contributed by atoms with Crippen molar-refractivity contribution in [3.05, 3.63) is 65.4 Å². The van der Waals surface area contributed by atoms with Crippen molar-refractivity contribution in [2.75, 3.05) is 0 Å². The molecule has 0 saturated heterocycles. The maximum atomic E-state index is 2.62. The molecule has 0 N–H and O–H groups in total. The highest BCUT2D eigenvalue weighted by molar-refractivity contribution is 7.17. The van der Waals surface area contributed by atoms with E-state index in [0.717, 1.165) is 0 Å². The van der Waals surface area contributed by atoms with Gasteiger partial charge in [-0.15, -0.1) is 0 Å². The summed E-state index contributed by atoms with van der Waals surface area (Å²) in [6, 6.07) is 20.8. The minimum atomic E-state index is -1.95. The Bertz CT molecular complexity index is 881. The normalized spacial score (nSPS) is 26.1. The molecule has 0 aromatic heterocycles. The number of rotatable bonds is 1. The Morgan fingerprint density at radius 1 is 0.593 bits per heavy atom. The maximum Gasteiger partial charge on any atom is 0.120 e. The first kappa shape index (κ1) is 20.4. The van der Waals surface area contributed by atoms with Crippen molar-refractivity contribution in [2.45, 2.75) is 71.6 Å². The molecule has 1 aliphatic heterocycles. The van der Waals surface area contributed by atoms with Crippen molar-refractivity contribution in [3.8, 4) is 0 Å². The Labute approximate surface area is 168 Å². The molecule has 2 aromatic rings. The van der Waals surface area contributed by atoms with E-state index in [2.05, 4.69) is 116 Å². The summed E-state index contributed by atoms with van der Waals surface area (Å²) in [6.45, 7) is 22.5. The van der Waals surface area contributed by atoms with E-state index in [0.29, 0.717) is 0 Å². The van der Waals surface area contributed by atoms with E-state index >= 15 is 0 Å². The van der Waals surface area contributed by atoms with Crippen LogP contribution in [-0.4, -0.2) is 16.1 Å². The fraction of sp³-hybridized carbons (Fsp3) is 0.440. The van der Waals surface area contributed by atoms with Crippen molar-refractivity contribution in [3.63, 3.8) is 0 Å². The molecular formula is C25H36Si2. The van der Waals surface area contributed by atoms with Crippen molar-refractivity contribution in [2.24, 2.45) is 0 Å². The van der Waals surface area contributed by atoms with E-state index in [1.165, 1.54) is 5.56 Å². The quantitative estimate of drug-likeness (QED) is 0.491. The van der Waals surface area contributed by atoms with Gasteiger partial charge in [0.25, 0.3) is 0 Å². The van der Waals surface area contributed by atoms with Crippen molar-refractivity contribution in [1.29, 1.82) is 0 Å². The zero-order valence-electron chi connectivity index (χ0n) is 18.7. The molecule has 2 atom stereocenters. The Hall–Kier alpha value is -1.39. The molecule has 0 radical (unpaired) electrons. The topological polar surface area (TPSA) is 0 Å². The minimum Gasteiger partial charge on any atom is -0.0781 e. The van der Waals surface area contributed by atoms with Gasteiger partial charge in [-0.1, -0.05) is 130 Å². The molecule has 0 unspecified atom stereocenters. The molecule has 1 aliphatic rings. The molecule has 2 aromatic carbocycles. The smallest absolute Gasteiger partial charge is 0.0781 e. The van der Waals surface area contributed by atoms with E-state index in [1.54, 1.807) is 20.8 Å². The third-order valence-electron chi connectivity index (χ3n) is 7.69. The lowest BCUT2D eigenvalue weighted by Gasteiger charge is -2.55. The molecule has 3 rings (SSSR count). The van der Waals surface area contributed by atoms with Gasteiger partial charge in [0.05, 0.1) is 0 Å². The number of hydrogen-bond donors (Lipinski definition) is 0. The van der Waals surface area contributed by atoms with Crippen LogP contribution in [-0.2, 0) is 0 Å². The van der Waals surface area contributed by atoms with Crippen LogP contribution in [0.4, 0.5) is 0 Å². The van der Waals surface area contributed by atoms with Gasteiger partial charge in [-0.05, 0) is 22.6 Å². The Kier molecular flexibility index (Phi) is 4.76. The zero-order valence-corrected chi connectivity index (χ0v) is 20.7. The van der Waals surface area contributed by atoms with Gasteiger partial charge in [-0.3, -0.25) is 0 Å². The van der Waals surface area contributed by atoms with Crippen LogP contribution in [0.3, 0.4) is 0 Å². The molecule has 1 heterocycles. The van der Waals surface area contributed by atoms with Gasteiger partial charge < -0.3 is 0 Å². The molecule has 0 amide bonds. The standard InChI is InChI=1S/C25H36Si2/c1-19-23(20-15-11-10-12-16-20)27(9,25(5,6)7)22-18-14-13-17-21(22)26(19,8)24(2,3)4/h10-18H,1-9H3/t26-,27-/m1/s1. The average Bonchev–Trinajstić information content (AvgIpc) is 2.59. The molecule has 0 nitrogen and oxygen atoms in total. The predicted molar refractivity (Wildman–Crippen MR) is 127 cm³/mol. The third kappa shape index (κ3) is 2.75. The molecule has 0 bridgehead atoms. The fourth-order valence-corrected chi connectivity index (χ4v) is 16.6. The van der Waals surface area contributed by atoms with E-state index in [1.807, 2.05) is 0 Å². The summed E-state index contributed by atoms with van der Waals surface area (Å²) >= 11 is 0. The van der Waals surface area contributed by atoms with Crippen LogP contribution in [0.1, 0.15) is 54.0 Å². The van der Waals surface area contributed by atoms with Gasteiger partial charge in [0.15, 0.2) is 0 Å². The molecule has 144 valence electrons. The summed E-state index contributed by atoms with van der Waals surface area (Å²) in [5, 5.41) is 7.33. The molecular weight excluding hydrogens is 356 g/mol. The van der Waals surface area contributed by atoms with E-state index in [-0.39, 0.29) is 10.1 Å². The second-order valence-electron chi connectivity index (χ2n) is 10.7. The highest BCUT2D eigenvalue weighted by Crippen LogP contribution is 2.52. The second kappa shape index (κ2) is 6.32. The predicted octanol–water partition coefficient (Wildman–Crippen LogP) is 6.42. The Balaban J connectivity index is 2.53. The summed E-state index contributed by atoms with van der Waals surface area (Å²) in [5.41, 5.74) is 1.46. The molecule has 2 heteroatoms. The van der Waals surface area contributed by atoms with Crippen LogP contribution >= 0.6 is 0 Å². The van der Waals surface area contributed by atoms with Crippen LogP contribution < -0.4 is 10.4 Å². The first-order valence-electron chi connectivity index (χ1n) is 10.2. The monoisotopic (exact) mass is 392 g/mol. The largest absolute Gasteiger partial charge is 0.120 e. The van der Waals surface area contributed by atoms with Crippen LogP contribution in [0.25, 0.3) is 5.20 Å². The lowest BCUT2D eigenvalue weighted by molar-refractivity contribution is 0.725. The molecule has 0 aliphatic carbocycles. The van der Waals surface area contributed by atoms with Gasteiger partial charge >= 0.3 is 0 Å². The average molecular weight is 393 g/mol. The van der Waals surface area contributed by atoms with E-state index < -0.39 is 16.1 Å². The van der Waals surface area contributed by atoms with Gasteiger partial charge in [0, 0.05) is 0 Å². The van der Waals surface area contributed by atoms with Crippen LogP contribution in [0.15, 0.2) is 59.8 Å². The van der Waals surface area contributed by atoms with Crippen LogP contribution in [0.2, 0.25) is 23.2 Å². The number of allylic oxidation sites excluding steroid dienone is 1. The number of fused-ring (bicyclic) bond motifs is 1. The summed E-state index contributed by atoms with van der Waals surface area (Å²) < 4.78 is 0. The third-order valence-corrected chi connectivity index (χ3v) is 20.6. The lowest BCUT2D eigenvalue weighted by atomic mass is 10.2. The summed E-state index contributed by atoms with van der Waals surface area (Å²) in [5.74, 6) is 0. The van der Waals surface area contributed by atoms with Gasteiger partial charge in [-0.2, -0.15) is 0 Å². The first-order valence-corrected chi connectivity index (χ1v) is 15.2.